The molecule has 2 rings (SSSR count). The maximum Gasteiger partial charge on any atom is 0.328 e. The molecule has 3 amide bonds. The minimum Gasteiger partial charge on any atom is -0.480 e. The first-order valence-corrected chi connectivity index (χ1v) is 8.98. The molecule has 0 aliphatic carbocycles. The lowest BCUT2D eigenvalue weighted by Gasteiger charge is -2.28. The Morgan fingerprint density at radius 2 is 1.88 bits per heavy atom. The van der Waals surface area contributed by atoms with Gasteiger partial charge in [-0.1, -0.05) is 44.2 Å². The van der Waals surface area contributed by atoms with Crippen LogP contribution in [-0.2, 0) is 16.0 Å². The van der Waals surface area contributed by atoms with Crippen molar-refractivity contribution in [3.8, 4) is 0 Å². The number of imide groups is 1. The normalized spacial score (nSPS) is 17.3. The lowest BCUT2D eigenvalue weighted by molar-refractivity contribution is -0.142. The molecule has 2 atom stereocenters. The predicted molar refractivity (Wildman–Crippen MR) is 97.6 cm³/mol. The molecule has 1 aliphatic rings. The Bertz CT molecular complexity index is 635. The zero-order chi connectivity index (χ0) is 18.6. The zero-order valence-electron chi connectivity index (χ0n) is 14.5. The van der Waals surface area contributed by atoms with Gasteiger partial charge in [0.25, 0.3) is 5.91 Å². The van der Waals surface area contributed by atoms with Gasteiger partial charge in [0.1, 0.15) is 12.6 Å². The van der Waals surface area contributed by atoms with Crippen LogP contribution in [0.3, 0.4) is 0 Å². The molecule has 1 N–H and O–H groups in total. The second kappa shape index (κ2) is 8.38. The van der Waals surface area contributed by atoms with Gasteiger partial charge in [0.05, 0.1) is 6.04 Å². The van der Waals surface area contributed by atoms with Crippen molar-refractivity contribution in [2.45, 2.75) is 38.8 Å². The van der Waals surface area contributed by atoms with Gasteiger partial charge in [-0.3, -0.25) is 9.69 Å². The molecular weight excluding hydrogens is 340 g/mol. The number of urea groups is 1. The first-order valence-electron chi connectivity index (χ1n) is 8.35. The summed E-state index contributed by atoms with van der Waals surface area (Å²) >= 11 is 4.30. The van der Waals surface area contributed by atoms with E-state index in [2.05, 4.69) is 12.6 Å². The highest BCUT2D eigenvalue weighted by Crippen LogP contribution is 2.23. The standard InChI is InChI=1S/C18H24N2O4S/c1-12(2)8-15(17(22)23)19-10-16(21)20(18(19)24)14(11-25)9-13-6-4-3-5-7-13/h3-7,12,14-15,25H,8-11H2,1-2H3,(H,22,23)/t14?,15-/m0/s1. The van der Waals surface area contributed by atoms with Gasteiger partial charge >= 0.3 is 12.0 Å². The van der Waals surface area contributed by atoms with Crippen LogP contribution in [0.15, 0.2) is 30.3 Å². The van der Waals surface area contributed by atoms with Crippen molar-refractivity contribution in [3.63, 3.8) is 0 Å². The largest absolute Gasteiger partial charge is 0.480 e. The van der Waals surface area contributed by atoms with Crippen molar-refractivity contribution >= 4 is 30.5 Å². The topological polar surface area (TPSA) is 77.9 Å². The summed E-state index contributed by atoms with van der Waals surface area (Å²) in [5, 5.41) is 9.47. The van der Waals surface area contributed by atoms with Crippen LogP contribution < -0.4 is 0 Å². The maximum absolute atomic E-state index is 12.8. The highest BCUT2D eigenvalue weighted by Gasteiger charge is 2.45. The summed E-state index contributed by atoms with van der Waals surface area (Å²) in [6.07, 6.45) is 0.810. The fourth-order valence-electron chi connectivity index (χ4n) is 3.07. The van der Waals surface area contributed by atoms with Crippen LogP contribution in [0.25, 0.3) is 0 Å². The van der Waals surface area contributed by atoms with E-state index < -0.39 is 24.1 Å². The second-order valence-corrected chi connectivity index (χ2v) is 7.05. The van der Waals surface area contributed by atoms with Crippen molar-refractivity contribution in [1.29, 1.82) is 0 Å². The SMILES string of the molecule is CC(C)C[C@@H](C(=O)O)N1CC(=O)N(C(CS)Cc2ccccc2)C1=O. The first kappa shape index (κ1) is 19.3. The Kier molecular flexibility index (Phi) is 6.47. The predicted octanol–water partition coefficient (Wildman–Crippen LogP) is 2.29. The van der Waals surface area contributed by atoms with Crippen LogP contribution in [0.2, 0.25) is 0 Å². The number of thiol groups is 1. The van der Waals surface area contributed by atoms with E-state index >= 15 is 0 Å². The number of hydrogen-bond acceptors (Lipinski definition) is 4. The smallest absolute Gasteiger partial charge is 0.328 e. The number of benzene rings is 1. The van der Waals surface area contributed by atoms with E-state index in [9.17, 15) is 19.5 Å². The van der Waals surface area contributed by atoms with Gasteiger partial charge in [-0.2, -0.15) is 12.6 Å². The third kappa shape index (κ3) is 4.54. The van der Waals surface area contributed by atoms with Crippen LogP contribution in [0.4, 0.5) is 4.79 Å². The summed E-state index contributed by atoms with van der Waals surface area (Å²) in [5.41, 5.74) is 0.998. The Morgan fingerprint density at radius 1 is 1.24 bits per heavy atom. The van der Waals surface area contributed by atoms with Crippen LogP contribution in [0, 0.1) is 5.92 Å². The lowest BCUT2D eigenvalue weighted by atomic mass is 10.0. The van der Waals surface area contributed by atoms with Crippen molar-refractivity contribution in [2.24, 2.45) is 5.92 Å². The highest BCUT2D eigenvalue weighted by molar-refractivity contribution is 7.80. The molecule has 0 saturated carbocycles. The van der Waals surface area contributed by atoms with Crippen LogP contribution in [0.1, 0.15) is 25.8 Å². The molecule has 1 aromatic carbocycles. The first-order chi connectivity index (χ1) is 11.8. The Balaban J connectivity index is 2.19. The van der Waals surface area contributed by atoms with Gasteiger partial charge < -0.3 is 10.0 Å². The van der Waals surface area contributed by atoms with Gasteiger partial charge in [0.15, 0.2) is 0 Å². The molecule has 1 aromatic rings. The zero-order valence-corrected chi connectivity index (χ0v) is 15.4. The van der Waals surface area contributed by atoms with E-state index in [1.165, 1.54) is 9.80 Å². The molecule has 0 aromatic heterocycles. The third-order valence-electron chi connectivity index (χ3n) is 4.27. The average Bonchev–Trinajstić information content (AvgIpc) is 2.85. The lowest BCUT2D eigenvalue weighted by Crippen LogP contribution is -2.47. The number of rotatable bonds is 8. The summed E-state index contributed by atoms with van der Waals surface area (Å²) in [7, 11) is 0. The molecule has 7 heteroatoms. The van der Waals surface area contributed by atoms with Crippen LogP contribution in [-0.4, -0.2) is 57.2 Å². The summed E-state index contributed by atoms with van der Waals surface area (Å²) in [6.45, 7) is 3.59. The van der Waals surface area contributed by atoms with Gasteiger partial charge in [-0.15, -0.1) is 0 Å². The fraction of sp³-hybridized carbons (Fsp3) is 0.500. The molecular formula is C18H24N2O4S. The molecule has 1 saturated heterocycles. The van der Waals surface area contributed by atoms with Crippen molar-refractivity contribution in [1.82, 2.24) is 9.80 Å². The van der Waals surface area contributed by atoms with E-state index in [-0.39, 0.29) is 18.4 Å². The fourth-order valence-corrected chi connectivity index (χ4v) is 3.36. The highest BCUT2D eigenvalue weighted by atomic mass is 32.1. The van der Waals surface area contributed by atoms with E-state index in [1.54, 1.807) is 0 Å². The molecule has 0 radical (unpaired) electrons. The molecule has 1 fully saturated rings. The number of aliphatic carboxylic acids is 1. The summed E-state index contributed by atoms with van der Waals surface area (Å²) in [5.74, 6) is -1.03. The van der Waals surface area contributed by atoms with Crippen molar-refractivity contribution in [3.05, 3.63) is 35.9 Å². The van der Waals surface area contributed by atoms with E-state index in [0.29, 0.717) is 18.6 Å². The number of carbonyl (C=O) groups excluding carboxylic acids is 2. The van der Waals surface area contributed by atoms with Gasteiger partial charge in [0, 0.05) is 5.75 Å². The quantitative estimate of drug-likeness (QED) is 0.548. The molecule has 1 heterocycles. The minimum absolute atomic E-state index is 0.100. The molecule has 0 bridgehead atoms. The van der Waals surface area contributed by atoms with Gasteiger partial charge in [0.2, 0.25) is 0 Å². The maximum atomic E-state index is 12.8. The molecule has 1 unspecified atom stereocenters. The van der Waals surface area contributed by atoms with E-state index in [1.807, 2.05) is 44.2 Å². The molecule has 0 spiro atoms. The van der Waals surface area contributed by atoms with E-state index in [0.717, 1.165) is 5.56 Å². The van der Waals surface area contributed by atoms with Crippen molar-refractivity contribution < 1.29 is 19.5 Å². The second-order valence-electron chi connectivity index (χ2n) is 6.68. The monoisotopic (exact) mass is 364 g/mol. The summed E-state index contributed by atoms with van der Waals surface area (Å²) in [4.78, 5) is 39.1. The number of carboxylic acids is 1. The summed E-state index contributed by atoms with van der Waals surface area (Å²) < 4.78 is 0. The molecule has 6 nitrogen and oxygen atoms in total. The summed E-state index contributed by atoms with van der Waals surface area (Å²) in [6, 6.07) is 7.63. The molecule has 1 aliphatic heterocycles. The number of nitrogens with zero attached hydrogens (tertiary/aromatic N) is 2. The Morgan fingerprint density at radius 3 is 2.40 bits per heavy atom. The third-order valence-corrected chi connectivity index (χ3v) is 4.69. The Labute approximate surface area is 153 Å². The number of amides is 3. The number of carboxylic acid groups (broad SMARTS) is 1. The van der Waals surface area contributed by atoms with Crippen LogP contribution >= 0.6 is 12.6 Å². The molecule has 136 valence electrons. The van der Waals surface area contributed by atoms with Crippen LogP contribution in [0.5, 0.6) is 0 Å². The number of carbonyl (C=O) groups is 3. The molecule has 25 heavy (non-hydrogen) atoms. The number of hydrogen-bond donors (Lipinski definition) is 2. The Hall–Kier alpha value is -2.02. The van der Waals surface area contributed by atoms with Crippen molar-refractivity contribution in [2.75, 3.05) is 12.3 Å². The van der Waals surface area contributed by atoms with Gasteiger partial charge in [-0.05, 0) is 24.3 Å². The van der Waals surface area contributed by atoms with Gasteiger partial charge in [-0.25, -0.2) is 9.59 Å². The minimum atomic E-state index is -1.08. The van der Waals surface area contributed by atoms with E-state index in [4.69, 9.17) is 0 Å². The average molecular weight is 364 g/mol.